The maximum Gasteiger partial charge on any atom is 0.327 e. The fourth-order valence-electron chi connectivity index (χ4n) is 1.89. The highest BCUT2D eigenvalue weighted by atomic mass is 16.4. The van der Waals surface area contributed by atoms with Crippen LogP contribution in [0, 0.1) is 0 Å². The number of benzene rings is 1. The summed E-state index contributed by atoms with van der Waals surface area (Å²) in [5.41, 5.74) is 6.03. The van der Waals surface area contributed by atoms with E-state index in [9.17, 15) is 24.6 Å². The monoisotopic (exact) mass is 294 g/mol. The topological polar surface area (TPSA) is 121 Å². The predicted octanol–water partition coefficient (Wildman–Crippen LogP) is 0.110. The Bertz CT molecular complexity index is 539. The number of aliphatic carboxylic acids is 1. The molecule has 0 aliphatic heterocycles. The molecule has 1 rings (SSSR count). The summed E-state index contributed by atoms with van der Waals surface area (Å²) in [7, 11) is 0. The van der Waals surface area contributed by atoms with Crippen LogP contribution in [0.1, 0.15) is 19.4 Å². The summed E-state index contributed by atoms with van der Waals surface area (Å²) in [6.07, 6.45) is -0.0619. The van der Waals surface area contributed by atoms with Crippen LogP contribution >= 0.6 is 0 Å². The van der Waals surface area contributed by atoms with Gasteiger partial charge in [0.1, 0.15) is 11.8 Å². The Kier molecular flexibility index (Phi) is 5.43. The number of carboxylic acids is 1. The molecular weight excluding hydrogens is 276 g/mol. The molecule has 21 heavy (non-hydrogen) atoms. The Hall–Kier alpha value is -2.41. The van der Waals surface area contributed by atoms with Gasteiger partial charge in [-0.1, -0.05) is 12.1 Å². The minimum Gasteiger partial charge on any atom is -0.508 e. The van der Waals surface area contributed by atoms with E-state index in [0.717, 1.165) is 6.92 Å². The Morgan fingerprint density at radius 3 is 2.14 bits per heavy atom. The zero-order valence-corrected chi connectivity index (χ0v) is 11.8. The van der Waals surface area contributed by atoms with E-state index < -0.39 is 29.9 Å². The van der Waals surface area contributed by atoms with Gasteiger partial charge in [0.25, 0.3) is 0 Å². The van der Waals surface area contributed by atoms with Crippen LogP contribution in [0.15, 0.2) is 24.3 Å². The number of rotatable bonds is 5. The molecule has 0 aliphatic rings. The van der Waals surface area contributed by atoms with E-state index >= 15 is 0 Å². The lowest BCUT2D eigenvalue weighted by Crippen LogP contribution is -2.53. The first-order valence-corrected chi connectivity index (χ1v) is 6.34. The van der Waals surface area contributed by atoms with E-state index in [4.69, 9.17) is 5.73 Å². The number of nitrogens with two attached hydrogens (primary N) is 1. The van der Waals surface area contributed by atoms with Crippen LogP contribution in [-0.2, 0) is 20.8 Å². The Morgan fingerprint density at radius 2 is 1.76 bits per heavy atom. The summed E-state index contributed by atoms with van der Waals surface area (Å²) in [5.74, 6) is -2.68. The Labute approximate surface area is 122 Å². The maximum absolute atomic E-state index is 12.0. The largest absolute Gasteiger partial charge is 0.508 e. The van der Waals surface area contributed by atoms with Gasteiger partial charge in [0.2, 0.25) is 11.8 Å². The lowest BCUT2D eigenvalue weighted by molar-refractivity contribution is -0.157. The standard InChI is InChI=1S/C14H18N2O5/c1-8(15)13(19)16(9(2)17)12(14(20)21)7-10-3-5-11(18)6-4-10/h3-6,8,12,18H,7,15H2,1-2H3,(H,20,21)/t8-,12-/m0/s1. The van der Waals surface area contributed by atoms with Crippen LogP contribution in [0.5, 0.6) is 5.75 Å². The molecule has 7 heteroatoms. The second kappa shape index (κ2) is 6.85. The van der Waals surface area contributed by atoms with Gasteiger partial charge in [-0.3, -0.25) is 14.5 Å². The van der Waals surface area contributed by atoms with Gasteiger partial charge in [-0.25, -0.2) is 4.79 Å². The SMILES string of the molecule is CC(=O)N(C(=O)[C@H](C)N)[C@@H](Cc1ccc(O)cc1)C(=O)O. The molecule has 2 amide bonds. The van der Waals surface area contributed by atoms with E-state index in [1.807, 2.05) is 0 Å². The number of carbonyl (C=O) groups excluding carboxylic acids is 2. The fraction of sp³-hybridized carbons (Fsp3) is 0.357. The number of carboxylic acid groups (broad SMARTS) is 1. The lowest BCUT2D eigenvalue weighted by Gasteiger charge is -2.27. The molecule has 1 aromatic carbocycles. The van der Waals surface area contributed by atoms with Gasteiger partial charge in [-0.05, 0) is 24.6 Å². The van der Waals surface area contributed by atoms with Gasteiger partial charge in [0, 0.05) is 13.3 Å². The average molecular weight is 294 g/mol. The number of aromatic hydroxyl groups is 1. The highest BCUT2D eigenvalue weighted by Gasteiger charge is 2.34. The van der Waals surface area contributed by atoms with Crippen LogP contribution in [0.2, 0.25) is 0 Å². The molecule has 0 aliphatic carbocycles. The molecule has 0 saturated carbocycles. The maximum atomic E-state index is 12.0. The first kappa shape index (κ1) is 16.6. The minimum absolute atomic E-state index is 0.0423. The van der Waals surface area contributed by atoms with Crippen molar-refractivity contribution < 1.29 is 24.6 Å². The molecule has 1 aromatic rings. The summed E-state index contributed by atoms with van der Waals surface area (Å²) in [4.78, 5) is 35.7. The molecule has 0 spiro atoms. The second-order valence-electron chi connectivity index (χ2n) is 4.74. The number of imide groups is 1. The number of phenols is 1. The summed E-state index contributed by atoms with van der Waals surface area (Å²) in [5, 5.41) is 18.5. The third-order valence-electron chi connectivity index (χ3n) is 2.93. The summed E-state index contributed by atoms with van der Waals surface area (Å²) in [6.45, 7) is 2.50. The fourth-order valence-corrected chi connectivity index (χ4v) is 1.89. The van der Waals surface area contributed by atoms with Crippen LogP contribution in [0.3, 0.4) is 0 Å². The number of nitrogens with zero attached hydrogens (tertiary/aromatic N) is 1. The summed E-state index contributed by atoms with van der Waals surface area (Å²) >= 11 is 0. The van der Waals surface area contributed by atoms with Crippen molar-refractivity contribution in [2.75, 3.05) is 0 Å². The number of hydrogen-bond acceptors (Lipinski definition) is 5. The van der Waals surface area contributed by atoms with Gasteiger partial charge in [-0.15, -0.1) is 0 Å². The van der Waals surface area contributed by atoms with Gasteiger partial charge in [-0.2, -0.15) is 0 Å². The molecule has 2 atom stereocenters. The number of phenolic OH excluding ortho intramolecular Hbond substituents is 1. The van der Waals surface area contributed by atoms with E-state index in [1.54, 1.807) is 0 Å². The van der Waals surface area contributed by atoms with Crippen molar-refractivity contribution in [3.05, 3.63) is 29.8 Å². The third kappa shape index (κ3) is 4.28. The molecule has 114 valence electrons. The van der Waals surface area contributed by atoms with Gasteiger partial charge < -0.3 is 15.9 Å². The minimum atomic E-state index is -1.34. The summed E-state index contributed by atoms with van der Waals surface area (Å²) < 4.78 is 0. The van der Waals surface area contributed by atoms with Crippen molar-refractivity contribution in [1.82, 2.24) is 4.90 Å². The smallest absolute Gasteiger partial charge is 0.327 e. The molecule has 0 saturated heterocycles. The number of amides is 2. The Balaban J connectivity index is 3.08. The first-order valence-electron chi connectivity index (χ1n) is 6.34. The molecule has 4 N–H and O–H groups in total. The molecule has 0 bridgehead atoms. The van der Waals surface area contributed by atoms with E-state index in [-0.39, 0.29) is 12.2 Å². The molecule has 0 aromatic heterocycles. The van der Waals surface area contributed by atoms with Crippen molar-refractivity contribution in [2.24, 2.45) is 5.73 Å². The van der Waals surface area contributed by atoms with Crippen LogP contribution in [0.4, 0.5) is 0 Å². The van der Waals surface area contributed by atoms with Crippen molar-refractivity contribution in [3.63, 3.8) is 0 Å². The average Bonchev–Trinajstić information content (AvgIpc) is 2.39. The highest BCUT2D eigenvalue weighted by Crippen LogP contribution is 2.15. The van der Waals surface area contributed by atoms with Crippen LogP contribution in [0.25, 0.3) is 0 Å². The van der Waals surface area contributed by atoms with Gasteiger partial charge in [0.05, 0.1) is 6.04 Å². The van der Waals surface area contributed by atoms with Gasteiger partial charge in [0.15, 0.2) is 0 Å². The predicted molar refractivity (Wildman–Crippen MR) is 74.4 cm³/mol. The molecule has 0 fully saturated rings. The van der Waals surface area contributed by atoms with Crippen LogP contribution in [-0.4, -0.2) is 45.0 Å². The molecule has 0 unspecified atom stereocenters. The van der Waals surface area contributed by atoms with Crippen molar-refractivity contribution >= 4 is 17.8 Å². The zero-order valence-electron chi connectivity index (χ0n) is 11.8. The molecular formula is C14H18N2O5. The van der Waals surface area contributed by atoms with E-state index in [1.165, 1.54) is 31.2 Å². The van der Waals surface area contributed by atoms with Crippen molar-refractivity contribution in [3.8, 4) is 5.75 Å². The zero-order chi connectivity index (χ0) is 16.2. The number of carbonyl (C=O) groups is 3. The first-order chi connectivity index (χ1) is 9.73. The van der Waals surface area contributed by atoms with Crippen LogP contribution < -0.4 is 5.73 Å². The molecule has 0 heterocycles. The summed E-state index contributed by atoms with van der Waals surface area (Å²) in [6, 6.07) is 3.54. The quantitative estimate of drug-likeness (QED) is 0.708. The van der Waals surface area contributed by atoms with Crippen molar-refractivity contribution in [2.45, 2.75) is 32.4 Å². The van der Waals surface area contributed by atoms with Crippen molar-refractivity contribution in [1.29, 1.82) is 0 Å². The van der Waals surface area contributed by atoms with Gasteiger partial charge >= 0.3 is 5.97 Å². The lowest BCUT2D eigenvalue weighted by atomic mass is 10.0. The Morgan fingerprint density at radius 1 is 1.24 bits per heavy atom. The van der Waals surface area contributed by atoms with E-state index in [0.29, 0.717) is 10.5 Å². The highest BCUT2D eigenvalue weighted by molar-refractivity contribution is 6.00. The normalized spacial score (nSPS) is 13.3. The second-order valence-corrected chi connectivity index (χ2v) is 4.74. The molecule has 7 nitrogen and oxygen atoms in total. The van der Waals surface area contributed by atoms with E-state index in [2.05, 4.69) is 0 Å². The molecule has 0 radical (unpaired) electrons. The number of hydrogen-bond donors (Lipinski definition) is 3. The third-order valence-corrected chi connectivity index (χ3v) is 2.93.